The molecule has 0 radical (unpaired) electrons. The van der Waals surface area contributed by atoms with Crippen LogP contribution in [0.15, 0.2) is 22.8 Å². The molecular weight excluding hydrogens is 379 g/mol. The Balaban J connectivity index is 2.05. The normalized spacial score (nSPS) is 42.1. The number of halogens is 2. The van der Waals surface area contributed by atoms with Crippen molar-refractivity contribution in [3.8, 4) is 0 Å². The number of ketones is 1. The van der Waals surface area contributed by atoms with E-state index in [9.17, 15) is 9.59 Å². The van der Waals surface area contributed by atoms with Gasteiger partial charge < -0.3 is 4.74 Å². The van der Waals surface area contributed by atoms with E-state index >= 15 is 0 Å². The molecule has 0 aromatic carbocycles. The zero-order valence-corrected chi connectivity index (χ0v) is 13.4. The Morgan fingerprint density at radius 2 is 2.00 bits per heavy atom. The van der Waals surface area contributed by atoms with Gasteiger partial charge in [0.2, 0.25) is 0 Å². The fourth-order valence-electron chi connectivity index (χ4n) is 3.41. The average Bonchev–Trinajstić information content (AvgIpc) is 2.78. The fourth-order valence-corrected chi connectivity index (χ4v) is 4.86. The number of carbonyl (C=O) groups excluding carboxylic acids is 2. The molecule has 2 fully saturated rings. The number of alkyl halides is 1. The lowest BCUT2D eigenvalue weighted by molar-refractivity contribution is -0.139. The molecule has 0 unspecified atom stereocenters. The van der Waals surface area contributed by atoms with E-state index in [4.69, 9.17) is 16.3 Å². The second kappa shape index (κ2) is 4.58. The SMILES string of the molecule is C=C1C(=O)O[C@@H]2[C@@H](I)[C@H](C)[C@@H]3CC(=O)C(Cl)=C3C[C@H]12. The smallest absolute Gasteiger partial charge is 0.334 e. The summed E-state index contributed by atoms with van der Waals surface area (Å²) in [5.41, 5.74) is 1.53. The summed E-state index contributed by atoms with van der Waals surface area (Å²) in [6.07, 6.45) is 0.997. The minimum atomic E-state index is -0.302. The quantitative estimate of drug-likeness (QED) is 0.275. The van der Waals surface area contributed by atoms with E-state index in [1.165, 1.54) is 0 Å². The van der Waals surface area contributed by atoms with Crippen molar-refractivity contribution in [2.75, 3.05) is 0 Å². The zero-order chi connectivity index (χ0) is 13.9. The van der Waals surface area contributed by atoms with E-state index in [1.807, 2.05) is 0 Å². The molecular formula is C14H14ClIO3. The maximum atomic E-state index is 11.8. The van der Waals surface area contributed by atoms with Crippen LogP contribution in [0, 0.1) is 17.8 Å². The first-order valence-electron chi connectivity index (χ1n) is 6.37. The minimum absolute atomic E-state index is 0.0310. The summed E-state index contributed by atoms with van der Waals surface area (Å²) in [7, 11) is 0. The lowest BCUT2D eigenvalue weighted by atomic mass is 9.86. The molecule has 2 aliphatic carbocycles. The van der Waals surface area contributed by atoms with E-state index in [1.54, 1.807) is 0 Å². The molecule has 102 valence electrons. The average molecular weight is 393 g/mol. The third kappa shape index (κ3) is 1.90. The van der Waals surface area contributed by atoms with Gasteiger partial charge >= 0.3 is 5.97 Å². The van der Waals surface area contributed by atoms with Gasteiger partial charge in [-0.3, -0.25) is 4.79 Å². The molecule has 1 saturated heterocycles. The van der Waals surface area contributed by atoms with Crippen molar-refractivity contribution in [3.05, 3.63) is 22.8 Å². The van der Waals surface area contributed by atoms with Crippen molar-refractivity contribution in [2.45, 2.75) is 29.8 Å². The summed E-state index contributed by atoms with van der Waals surface area (Å²) < 4.78 is 5.65. The lowest BCUT2D eigenvalue weighted by Crippen LogP contribution is -2.32. The molecule has 0 spiro atoms. The maximum Gasteiger partial charge on any atom is 0.334 e. The van der Waals surface area contributed by atoms with Crippen LogP contribution in [0.3, 0.4) is 0 Å². The van der Waals surface area contributed by atoms with Crippen molar-refractivity contribution in [3.63, 3.8) is 0 Å². The van der Waals surface area contributed by atoms with Crippen LogP contribution >= 0.6 is 34.2 Å². The van der Waals surface area contributed by atoms with Crippen molar-refractivity contribution in [1.82, 2.24) is 0 Å². The molecule has 1 aliphatic heterocycles. The van der Waals surface area contributed by atoms with Gasteiger partial charge in [0.25, 0.3) is 0 Å². The van der Waals surface area contributed by atoms with Crippen LogP contribution in [0.2, 0.25) is 0 Å². The predicted octanol–water partition coefficient (Wildman–Crippen LogP) is 3.01. The highest BCUT2D eigenvalue weighted by molar-refractivity contribution is 14.1. The van der Waals surface area contributed by atoms with Crippen molar-refractivity contribution in [2.24, 2.45) is 17.8 Å². The largest absolute Gasteiger partial charge is 0.457 e. The molecule has 19 heavy (non-hydrogen) atoms. The Morgan fingerprint density at radius 1 is 1.32 bits per heavy atom. The first kappa shape index (κ1) is 13.6. The number of allylic oxidation sites excluding steroid dienone is 2. The van der Waals surface area contributed by atoms with Gasteiger partial charge in [0.05, 0.1) is 8.96 Å². The van der Waals surface area contributed by atoms with Crippen LogP contribution in [-0.2, 0) is 14.3 Å². The third-order valence-electron chi connectivity index (χ3n) is 4.62. The van der Waals surface area contributed by atoms with Gasteiger partial charge in [-0.15, -0.1) is 0 Å². The number of ether oxygens (including phenoxy) is 1. The number of carbonyl (C=O) groups is 2. The van der Waals surface area contributed by atoms with Gasteiger partial charge in [-0.2, -0.15) is 0 Å². The van der Waals surface area contributed by atoms with Crippen molar-refractivity contribution in [1.29, 1.82) is 0 Å². The van der Waals surface area contributed by atoms with E-state index in [0.29, 0.717) is 23.4 Å². The molecule has 3 aliphatic rings. The first-order valence-corrected chi connectivity index (χ1v) is 7.99. The Bertz CT molecular complexity index is 525. The fraction of sp³-hybridized carbons (Fsp3) is 0.571. The number of hydrogen-bond acceptors (Lipinski definition) is 3. The number of rotatable bonds is 0. The molecule has 5 heteroatoms. The van der Waals surface area contributed by atoms with E-state index in [-0.39, 0.29) is 39.5 Å². The van der Waals surface area contributed by atoms with Crippen LogP contribution in [0.1, 0.15) is 19.8 Å². The summed E-state index contributed by atoms with van der Waals surface area (Å²) in [6.45, 7) is 5.96. The van der Waals surface area contributed by atoms with Gasteiger partial charge in [-0.1, -0.05) is 47.7 Å². The maximum absolute atomic E-state index is 11.8. The van der Waals surface area contributed by atoms with Crippen LogP contribution < -0.4 is 0 Å². The van der Waals surface area contributed by atoms with Crippen LogP contribution in [0.25, 0.3) is 0 Å². The third-order valence-corrected chi connectivity index (χ3v) is 6.92. The van der Waals surface area contributed by atoms with Crippen LogP contribution in [-0.4, -0.2) is 21.8 Å². The van der Waals surface area contributed by atoms with Gasteiger partial charge in [-0.05, 0) is 23.8 Å². The molecule has 0 bridgehead atoms. The van der Waals surface area contributed by atoms with Crippen LogP contribution in [0.4, 0.5) is 0 Å². The van der Waals surface area contributed by atoms with Crippen LogP contribution in [0.5, 0.6) is 0 Å². The second-order valence-corrected chi connectivity index (χ2v) is 7.40. The molecule has 0 amide bonds. The second-order valence-electron chi connectivity index (χ2n) is 5.58. The molecule has 3 nitrogen and oxygen atoms in total. The van der Waals surface area contributed by atoms with Crippen molar-refractivity contribution < 1.29 is 14.3 Å². The summed E-state index contributed by atoms with van der Waals surface area (Å²) in [4.78, 5) is 23.5. The molecule has 3 rings (SSSR count). The van der Waals surface area contributed by atoms with Crippen molar-refractivity contribution >= 4 is 45.9 Å². The van der Waals surface area contributed by atoms with Gasteiger partial charge in [0.15, 0.2) is 5.78 Å². The first-order chi connectivity index (χ1) is 8.91. The Kier molecular flexibility index (Phi) is 3.29. The molecule has 5 atom stereocenters. The molecule has 1 saturated carbocycles. The van der Waals surface area contributed by atoms with Gasteiger partial charge in [0, 0.05) is 17.9 Å². The number of Topliss-reactive ketones (excluding diaryl/α,β-unsaturated/α-hetero) is 1. The molecule has 0 aromatic rings. The van der Waals surface area contributed by atoms with E-state index < -0.39 is 0 Å². The Morgan fingerprint density at radius 3 is 2.68 bits per heavy atom. The van der Waals surface area contributed by atoms with Gasteiger partial charge in [0.1, 0.15) is 6.10 Å². The molecule has 0 aromatic heterocycles. The standard InChI is InChI=1S/C14H14ClIO3/c1-5-7-4-10(17)11(15)9(7)3-8-6(2)14(18)19-13(8)12(5)16/h5,7-8,12-13H,2-4H2,1H3/t5-,7+,8-,12+,13+/m1/s1. The Labute approximate surface area is 130 Å². The summed E-state index contributed by atoms with van der Waals surface area (Å²) in [6, 6.07) is 0. The monoisotopic (exact) mass is 392 g/mol. The summed E-state index contributed by atoms with van der Waals surface area (Å²) >= 11 is 8.51. The van der Waals surface area contributed by atoms with Gasteiger partial charge in [-0.25, -0.2) is 4.79 Å². The van der Waals surface area contributed by atoms with E-state index in [2.05, 4.69) is 36.1 Å². The molecule has 1 heterocycles. The summed E-state index contributed by atoms with van der Waals surface area (Å²) in [5, 5.41) is 0.383. The predicted molar refractivity (Wildman–Crippen MR) is 80.1 cm³/mol. The zero-order valence-electron chi connectivity index (χ0n) is 10.5. The highest BCUT2D eigenvalue weighted by Gasteiger charge is 2.51. The highest BCUT2D eigenvalue weighted by atomic mass is 127. The van der Waals surface area contributed by atoms with E-state index in [0.717, 1.165) is 5.57 Å². The number of fused-ring (bicyclic) bond motifs is 2. The highest BCUT2D eigenvalue weighted by Crippen LogP contribution is 2.50. The number of hydrogen-bond donors (Lipinski definition) is 0. The molecule has 0 N–H and O–H groups in total. The summed E-state index contributed by atoms with van der Waals surface area (Å²) in [5.74, 6) is 0.162. The lowest BCUT2D eigenvalue weighted by Gasteiger charge is -2.26. The topological polar surface area (TPSA) is 43.4 Å². The number of esters is 1. The minimum Gasteiger partial charge on any atom is -0.457 e. The Hall–Kier alpha value is -0.360.